The van der Waals surface area contributed by atoms with Crippen molar-refractivity contribution < 1.29 is 9.90 Å². The van der Waals surface area contributed by atoms with Crippen molar-refractivity contribution in [3.05, 3.63) is 5.82 Å². The molecule has 54 valence electrons. The molecule has 0 saturated heterocycles. The number of carboxylic acid groups (broad SMARTS) is 1. The number of nitrogen functional groups attached to an aromatic ring is 1. The van der Waals surface area contributed by atoms with Crippen LogP contribution >= 0.6 is 0 Å². The Labute approximate surface area is 56.3 Å². The first-order valence-corrected chi connectivity index (χ1v) is 2.51. The van der Waals surface area contributed by atoms with Gasteiger partial charge in [0.2, 0.25) is 11.8 Å². The van der Waals surface area contributed by atoms with E-state index in [1.54, 1.807) is 0 Å². The van der Waals surface area contributed by atoms with E-state index in [-0.39, 0.29) is 11.8 Å². The second-order valence-corrected chi connectivity index (χ2v) is 1.75. The van der Waals surface area contributed by atoms with Gasteiger partial charge >= 0.3 is 5.97 Å². The zero-order valence-electron chi connectivity index (χ0n) is 5.27. The van der Waals surface area contributed by atoms with E-state index in [9.17, 15) is 4.79 Å². The second-order valence-electron chi connectivity index (χ2n) is 1.75. The third kappa shape index (κ3) is 0.790. The van der Waals surface area contributed by atoms with E-state index in [0.717, 1.165) is 0 Å². The molecule has 0 aliphatic heterocycles. The number of rotatable bonds is 1. The molecule has 10 heavy (non-hydrogen) atoms. The molecule has 0 amide bonds. The van der Waals surface area contributed by atoms with Crippen LogP contribution < -0.4 is 5.73 Å². The maximum Gasteiger partial charge on any atom is 0.374 e. The van der Waals surface area contributed by atoms with Crippen LogP contribution in [0.3, 0.4) is 0 Å². The fraction of sp³-hybridized carbons (Fsp3) is 0.250. The smallest absolute Gasteiger partial charge is 0.374 e. The van der Waals surface area contributed by atoms with Crippen LogP contribution in [0.4, 0.5) is 5.95 Å². The van der Waals surface area contributed by atoms with Gasteiger partial charge in [-0.3, -0.25) is 4.57 Å². The number of carboxylic acids is 1. The van der Waals surface area contributed by atoms with Crippen molar-refractivity contribution in [3.63, 3.8) is 0 Å². The van der Waals surface area contributed by atoms with Crippen molar-refractivity contribution in [2.75, 3.05) is 5.73 Å². The fourth-order valence-electron chi connectivity index (χ4n) is 0.527. The molecule has 3 N–H and O–H groups in total. The molecule has 0 spiro atoms. The molecule has 6 heteroatoms. The first-order chi connectivity index (χ1) is 4.63. The van der Waals surface area contributed by atoms with Gasteiger partial charge in [0.15, 0.2) is 0 Å². The first-order valence-electron chi connectivity index (χ1n) is 2.51. The minimum absolute atomic E-state index is 0.0948. The highest BCUT2D eigenvalue weighted by Gasteiger charge is 2.11. The highest BCUT2D eigenvalue weighted by Crippen LogP contribution is 1.98. The highest BCUT2D eigenvalue weighted by atomic mass is 16.4. The molecule has 1 heterocycles. The van der Waals surface area contributed by atoms with E-state index in [1.165, 1.54) is 11.6 Å². The molecule has 0 atom stereocenters. The van der Waals surface area contributed by atoms with Crippen molar-refractivity contribution in [1.82, 2.24) is 14.8 Å². The molecule has 0 radical (unpaired) electrons. The standard InChI is InChI=1S/C4H6N4O2/c1-8-2(3(9)10)6-7-4(8)5/h1H3,(H2,5,7)(H,9,10). The minimum atomic E-state index is -1.13. The summed E-state index contributed by atoms with van der Waals surface area (Å²) >= 11 is 0. The summed E-state index contributed by atoms with van der Waals surface area (Å²) in [5, 5.41) is 15.1. The Morgan fingerprint density at radius 3 is 2.50 bits per heavy atom. The number of aromatic nitrogens is 3. The number of nitrogens with zero attached hydrogens (tertiary/aromatic N) is 3. The highest BCUT2D eigenvalue weighted by molar-refractivity contribution is 5.83. The first kappa shape index (κ1) is 6.53. The number of carbonyl (C=O) groups is 1. The van der Waals surface area contributed by atoms with Crippen LogP contribution in [0.1, 0.15) is 10.6 Å². The Morgan fingerprint density at radius 1 is 1.70 bits per heavy atom. The zero-order valence-corrected chi connectivity index (χ0v) is 5.27. The summed E-state index contributed by atoms with van der Waals surface area (Å²) in [7, 11) is 1.48. The molecule has 0 fully saturated rings. The van der Waals surface area contributed by atoms with E-state index >= 15 is 0 Å². The number of aromatic carboxylic acids is 1. The molecule has 0 unspecified atom stereocenters. The molecular weight excluding hydrogens is 136 g/mol. The average molecular weight is 142 g/mol. The molecule has 6 nitrogen and oxygen atoms in total. The van der Waals surface area contributed by atoms with E-state index in [1.807, 2.05) is 0 Å². The van der Waals surface area contributed by atoms with Crippen molar-refractivity contribution in [2.45, 2.75) is 0 Å². The molecule has 0 saturated carbocycles. The molecular formula is C4H6N4O2. The topological polar surface area (TPSA) is 94.0 Å². The lowest BCUT2D eigenvalue weighted by Gasteiger charge is -1.92. The lowest BCUT2D eigenvalue weighted by atomic mass is 10.6. The second kappa shape index (κ2) is 1.98. The minimum Gasteiger partial charge on any atom is -0.475 e. The van der Waals surface area contributed by atoms with Crippen molar-refractivity contribution >= 4 is 11.9 Å². The third-order valence-electron chi connectivity index (χ3n) is 1.10. The molecule has 1 aromatic heterocycles. The third-order valence-corrected chi connectivity index (χ3v) is 1.10. The quantitative estimate of drug-likeness (QED) is 0.529. The SMILES string of the molecule is Cn1c(N)nnc1C(=O)O. The predicted molar refractivity (Wildman–Crippen MR) is 32.4 cm³/mol. The Bertz CT molecular complexity index is 266. The summed E-state index contributed by atoms with van der Waals surface area (Å²) < 4.78 is 1.20. The summed E-state index contributed by atoms with van der Waals surface area (Å²) in [6.07, 6.45) is 0. The fourth-order valence-corrected chi connectivity index (χ4v) is 0.527. The number of hydrogen-bond acceptors (Lipinski definition) is 4. The lowest BCUT2D eigenvalue weighted by molar-refractivity contribution is 0.0679. The number of anilines is 1. The maximum atomic E-state index is 10.3. The summed E-state index contributed by atoms with van der Waals surface area (Å²) in [4.78, 5) is 10.3. The van der Waals surface area contributed by atoms with Crippen LogP contribution in [0.2, 0.25) is 0 Å². The van der Waals surface area contributed by atoms with E-state index in [2.05, 4.69) is 10.2 Å². The monoisotopic (exact) mass is 142 g/mol. The number of nitrogens with two attached hydrogens (primary N) is 1. The Balaban J connectivity index is 3.17. The zero-order chi connectivity index (χ0) is 7.72. The summed E-state index contributed by atoms with van der Waals surface area (Å²) in [6.45, 7) is 0. The van der Waals surface area contributed by atoms with Crippen LogP contribution in [0.25, 0.3) is 0 Å². The van der Waals surface area contributed by atoms with Gasteiger partial charge < -0.3 is 10.8 Å². The van der Waals surface area contributed by atoms with E-state index in [0.29, 0.717) is 0 Å². The molecule has 0 aliphatic rings. The van der Waals surface area contributed by atoms with Gasteiger partial charge in [-0.05, 0) is 0 Å². The van der Waals surface area contributed by atoms with Crippen molar-refractivity contribution in [1.29, 1.82) is 0 Å². The normalized spacial score (nSPS) is 9.70. The molecule has 1 aromatic rings. The number of hydrogen-bond donors (Lipinski definition) is 2. The molecule has 0 aliphatic carbocycles. The molecule has 0 bridgehead atoms. The van der Waals surface area contributed by atoms with Gasteiger partial charge in [-0.1, -0.05) is 0 Å². The van der Waals surface area contributed by atoms with Gasteiger partial charge in [0.25, 0.3) is 0 Å². The molecule has 1 rings (SSSR count). The van der Waals surface area contributed by atoms with Gasteiger partial charge in [-0.15, -0.1) is 10.2 Å². The van der Waals surface area contributed by atoms with Gasteiger partial charge in [-0.2, -0.15) is 0 Å². The van der Waals surface area contributed by atoms with Crippen LogP contribution in [-0.2, 0) is 7.05 Å². The van der Waals surface area contributed by atoms with Crippen LogP contribution in [0.5, 0.6) is 0 Å². The van der Waals surface area contributed by atoms with Crippen LogP contribution in [-0.4, -0.2) is 25.8 Å². The maximum absolute atomic E-state index is 10.3. The van der Waals surface area contributed by atoms with Crippen molar-refractivity contribution in [2.24, 2.45) is 7.05 Å². The summed E-state index contributed by atoms with van der Waals surface area (Å²) in [5.41, 5.74) is 5.20. The summed E-state index contributed by atoms with van der Waals surface area (Å²) in [5.74, 6) is -1.19. The Kier molecular flexibility index (Phi) is 1.29. The largest absolute Gasteiger partial charge is 0.475 e. The van der Waals surface area contributed by atoms with Gasteiger partial charge in [0.1, 0.15) is 0 Å². The summed E-state index contributed by atoms with van der Waals surface area (Å²) in [6, 6.07) is 0. The predicted octanol–water partition coefficient (Wildman–Crippen LogP) is -0.904. The average Bonchev–Trinajstić information content (AvgIpc) is 2.14. The van der Waals surface area contributed by atoms with Gasteiger partial charge in [0.05, 0.1) is 0 Å². The van der Waals surface area contributed by atoms with Crippen LogP contribution in [0.15, 0.2) is 0 Å². The van der Waals surface area contributed by atoms with Gasteiger partial charge in [-0.25, -0.2) is 4.79 Å². The van der Waals surface area contributed by atoms with Crippen molar-refractivity contribution in [3.8, 4) is 0 Å². The van der Waals surface area contributed by atoms with Crippen LogP contribution in [0, 0.1) is 0 Å². The lowest BCUT2D eigenvalue weighted by Crippen LogP contribution is -2.07. The Morgan fingerprint density at radius 2 is 2.30 bits per heavy atom. The van der Waals surface area contributed by atoms with E-state index < -0.39 is 5.97 Å². The van der Waals surface area contributed by atoms with E-state index in [4.69, 9.17) is 10.8 Å². The van der Waals surface area contributed by atoms with Gasteiger partial charge in [0, 0.05) is 7.05 Å². The molecule has 0 aromatic carbocycles. The Hall–Kier alpha value is -1.59.